The van der Waals surface area contributed by atoms with Gasteiger partial charge < -0.3 is 49.8 Å². The standard InChI is InChI=1S/C50H71FN6O11/c1-12-38-50(8)41(57(47(62)68-50)24-17-16-23-54-28-36(55-53)34-21-18-22-35(52)26-34)31(4)39(58)29(2)27-48(6,63-11)43(32(5)42(59)49(7,51)46(61)65-38)67-45-40(37(56(9)10)25-30(3)64-45)66-44(60)33-19-14-13-15-20-33/h13-15,18-22,26,28-32,37-38,40-41,43,45H,12,16-17,23-25,27,52-53H2,1-11H3/b54-28?,55-36+/t29-,30-,31+,32+,37+,38-,40-,41?,43-,45?,48+,49+,50-/m1/s1. The minimum atomic E-state index is -3.25. The van der Waals surface area contributed by atoms with Crippen LogP contribution in [-0.2, 0) is 42.8 Å². The van der Waals surface area contributed by atoms with Crippen LogP contribution in [0.15, 0.2) is 64.7 Å². The van der Waals surface area contributed by atoms with Gasteiger partial charge in [-0.1, -0.05) is 58.0 Å². The second-order valence-corrected chi connectivity index (χ2v) is 19.2. The fourth-order valence-corrected chi connectivity index (χ4v) is 10.1. The number of nitrogens with zero attached hydrogens (tertiary/aromatic N) is 4. The number of likely N-dealkylation sites (N-methyl/N-ethyl adjacent to an activating group) is 1. The maximum Gasteiger partial charge on any atom is 0.410 e. The molecule has 0 saturated carbocycles. The van der Waals surface area contributed by atoms with Gasteiger partial charge in [0.25, 0.3) is 5.67 Å². The predicted molar refractivity (Wildman–Crippen MR) is 254 cm³/mol. The lowest BCUT2D eigenvalue weighted by molar-refractivity contribution is -0.295. The molecule has 5 rings (SSSR count). The molecule has 2 aromatic rings. The highest BCUT2D eigenvalue weighted by Gasteiger charge is 2.62. The Morgan fingerprint density at radius 1 is 0.985 bits per heavy atom. The lowest BCUT2D eigenvalue weighted by atomic mass is 9.73. The summed E-state index contributed by atoms with van der Waals surface area (Å²) < 4.78 is 54.7. The predicted octanol–water partition coefficient (Wildman–Crippen LogP) is 5.94. The Hall–Kier alpha value is -5.30. The number of alkyl halides is 1. The fourth-order valence-electron chi connectivity index (χ4n) is 10.1. The number of carbonyl (C=O) groups is 5. The van der Waals surface area contributed by atoms with Crippen LogP contribution in [0.2, 0.25) is 0 Å². The van der Waals surface area contributed by atoms with E-state index >= 15 is 4.39 Å². The highest BCUT2D eigenvalue weighted by Crippen LogP contribution is 2.44. The number of hydrogen-bond donors (Lipinski definition) is 2. The lowest BCUT2D eigenvalue weighted by Gasteiger charge is -2.48. The van der Waals surface area contributed by atoms with Gasteiger partial charge in [0.05, 0.1) is 35.5 Å². The van der Waals surface area contributed by atoms with Gasteiger partial charge in [-0.3, -0.25) is 14.6 Å². The summed E-state index contributed by atoms with van der Waals surface area (Å²) in [6.45, 7) is 12.9. The number of amides is 1. The number of unbranched alkanes of at least 4 members (excludes halogenated alkanes) is 1. The number of fused-ring (bicyclic) bond motifs is 1. The number of anilines is 1. The Morgan fingerprint density at radius 3 is 2.28 bits per heavy atom. The van der Waals surface area contributed by atoms with Crippen LogP contribution < -0.4 is 11.6 Å². The first-order valence-corrected chi connectivity index (χ1v) is 23.4. The molecule has 18 heteroatoms. The third-order valence-corrected chi connectivity index (χ3v) is 13.9. The minimum absolute atomic E-state index is 0.0454. The molecule has 0 bridgehead atoms. The quantitative estimate of drug-likeness (QED) is 0.0327. The molecule has 3 fully saturated rings. The minimum Gasteiger partial charge on any atom is -0.455 e. The molecule has 3 heterocycles. The average Bonchev–Trinajstić information content (AvgIpc) is 3.57. The maximum absolute atomic E-state index is 17.2. The topological polar surface area (TPSA) is 224 Å². The molecular formula is C50H71FN6O11. The zero-order valence-electron chi connectivity index (χ0n) is 41.3. The van der Waals surface area contributed by atoms with Crippen LogP contribution in [0.4, 0.5) is 14.9 Å². The number of methoxy groups -OCH3 is 1. The Bertz CT molecular complexity index is 2170. The van der Waals surface area contributed by atoms with Gasteiger partial charge in [0.15, 0.2) is 23.8 Å². The number of nitrogens with two attached hydrogens (primary N) is 2. The summed E-state index contributed by atoms with van der Waals surface area (Å²) in [5.74, 6) is -1.14. The van der Waals surface area contributed by atoms with E-state index in [2.05, 4.69) is 10.1 Å². The van der Waals surface area contributed by atoms with Gasteiger partial charge in [-0.2, -0.15) is 5.10 Å². The first-order chi connectivity index (χ1) is 32.0. The Kier molecular flexibility index (Phi) is 17.7. The molecule has 4 N–H and O–H groups in total. The number of ether oxygens (including phenoxy) is 6. The Morgan fingerprint density at radius 2 is 1.66 bits per heavy atom. The van der Waals surface area contributed by atoms with Crippen LogP contribution in [0.3, 0.4) is 0 Å². The molecule has 68 heavy (non-hydrogen) atoms. The number of hydrazone groups is 1. The molecule has 1 amide bonds. The van der Waals surface area contributed by atoms with Crippen LogP contribution in [0.1, 0.15) is 103 Å². The fraction of sp³-hybridized carbons (Fsp3) is 0.620. The molecule has 0 aromatic heterocycles. The van der Waals surface area contributed by atoms with E-state index in [4.69, 9.17) is 40.0 Å². The number of esters is 2. The van der Waals surface area contributed by atoms with E-state index in [-0.39, 0.29) is 25.2 Å². The first-order valence-electron chi connectivity index (χ1n) is 23.4. The third kappa shape index (κ3) is 11.6. The summed E-state index contributed by atoms with van der Waals surface area (Å²) in [5.41, 5.74) is 1.46. The van der Waals surface area contributed by atoms with Crippen molar-refractivity contribution >= 4 is 47.2 Å². The summed E-state index contributed by atoms with van der Waals surface area (Å²) in [5, 5.41) is 3.83. The van der Waals surface area contributed by atoms with Gasteiger partial charge in [0, 0.05) is 55.4 Å². The summed E-state index contributed by atoms with van der Waals surface area (Å²) in [6.07, 6.45) is -3.28. The van der Waals surface area contributed by atoms with Crippen molar-refractivity contribution in [3.05, 3.63) is 65.7 Å². The van der Waals surface area contributed by atoms with E-state index in [0.29, 0.717) is 48.3 Å². The second kappa shape index (κ2) is 22.4. The molecule has 3 aliphatic rings. The van der Waals surface area contributed by atoms with E-state index in [9.17, 15) is 24.0 Å². The number of carbonyl (C=O) groups excluding carboxylic acids is 5. The average molecular weight is 951 g/mol. The smallest absolute Gasteiger partial charge is 0.410 e. The zero-order valence-corrected chi connectivity index (χ0v) is 41.3. The molecule has 2 aromatic carbocycles. The van der Waals surface area contributed by atoms with Crippen molar-refractivity contribution in [1.82, 2.24) is 9.80 Å². The molecule has 0 spiro atoms. The molecule has 13 atom stereocenters. The van der Waals surface area contributed by atoms with Gasteiger partial charge in [0.1, 0.15) is 17.6 Å². The number of halogens is 1. The van der Waals surface area contributed by atoms with Crippen molar-refractivity contribution in [2.45, 2.75) is 147 Å². The molecule has 17 nitrogen and oxygen atoms in total. The van der Waals surface area contributed by atoms with Gasteiger partial charge in [-0.15, -0.1) is 0 Å². The summed E-state index contributed by atoms with van der Waals surface area (Å²) in [6, 6.07) is 14.1. The molecule has 0 aliphatic carbocycles. The van der Waals surface area contributed by atoms with Crippen LogP contribution >= 0.6 is 0 Å². The summed E-state index contributed by atoms with van der Waals surface area (Å²) in [7, 11) is 5.05. The van der Waals surface area contributed by atoms with Gasteiger partial charge in [0.2, 0.25) is 0 Å². The molecule has 3 aliphatic heterocycles. The molecule has 0 radical (unpaired) electrons. The van der Waals surface area contributed by atoms with Crippen molar-refractivity contribution in [2.75, 3.05) is 40.0 Å². The van der Waals surface area contributed by atoms with Crippen molar-refractivity contribution < 1.29 is 56.8 Å². The van der Waals surface area contributed by atoms with Crippen LogP contribution in [-0.4, -0.2) is 145 Å². The number of rotatable bonds is 14. The number of hydrogen-bond acceptors (Lipinski definition) is 16. The van der Waals surface area contributed by atoms with E-state index in [1.54, 1.807) is 89.4 Å². The van der Waals surface area contributed by atoms with E-state index in [1.165, 1.54) is 18.9 Å². The number of nitrogen functional groups attached to an aromatic ring is 1. The molecule has 374 valence electrons. The normalized spacial score (nSPS) is 34.4. The van der Waals surface area contributed by atoms with Crippen molar-refractivity contribution in [1.29, 1.82) is 0 Å². The van der Waals surface area contributed by atoms with E-state index in [1.807, 2.05) is 32.0 Å². The summed E-state index contributed by atoms with van der Waals surface area (Å²) >= 11 is 0. The number of Topliss-reactive ketones (excluding diaryl/α,β-unsaturated/α-hetero) is 2. The van der Waals surface area contributed by atoms with E-state index in [0.717, 1.165) is 6.92 Å². The number of cyclic esters (lactones) is 1. The second-order valence-electron chi connectivity index (χ2n) is 19.2. The first kappa shape index (κ1) is 53.7. The van der Waals surface area contributed by atoms with Gasteiger partial charge in [-0.05, 0) is 98.2 Å². The Balaban J connectivity index is 1.48. The van der Waals surface area contributed by atoms with Crippen molar-refractivity contribution in [2.24, 2.45) is 33.7 Å². The van der Waals surface area contributed by atoms with E-state index < -0.39 is 101 Å². The van der Waals surface area contributed by atoms with Crippen molar-refractivity contribution in [3.63, 3.8) is 0 Å². The van der Waals surface area contributed by atoms with Gasteiger partial charge >= 0.3 is 18.0 Å². The van der Waals surface area contributed by atoms with Crippen molar-refractivity contribution in [3.8, 4) is 0 Å². The van der Waals surface area contributed by atoms with Crippen LogP contribution in [0, 0.1) is 17.8 Å². The molecule has 2 unspecified atom stereocenters. The Labute approximate surface area is 399 Å². The SMILES string of the molecule is CC[C@H]1OC(=O)[C@@](C)(F)C(=O)[C@H](C)[C@@H](OC2O[C@H](C)C[C@H](N(C)C)[C@H]2OC(=O)c2ccccc2)[C@@](C)(OC)C[C@@H](C)C(=O)[C@H](C)C2N(CCCCN=C/C(=N\N)c3cccc(N)c3)C(=O)O[C@@]21C. The maximum atomic E-state index is 17.2. The lowest BCUT2D eigenvalue weighted by Crippen LogP contribution is -2.62. The van der Waals surface area contributed by atoms with Crippen LogP contribution in [0.5, 0.6) is 0 Å². The highest BCUT2D eigenvalue weighted by molar-refractivity contribution is 6.38. The monoisotopic (exact) mass is 951 g/mol. The summed E-state index contributed by atoms with van der Waals surface area (Å²) in [4.78, 5) is 79.0. The highest BCUT2D eigenvalue weighted by atomic mass is 19.1. The zero-order chi connectivity index (χ0) is 50.3. The largest absolute Gasteiger partial charge is 0.455 e. The third-order valence-electron chi connectivity index (χ3n) is 13.9. The van der Waals surface area contributed by atoms with Crippen LogP contribution in [0.25, 0.3) is 0 Å². The van der Waals surface area contributed by atoms with Gasteiger partial charge in [-0.25, -0.2) is 18.8 Å². The molecular weight excluding hydrogens is 880 g/mol. The number of aliphatic imine (C=N–C) groups is 1. The number of benzene rings is 2. The number of ketones is 2. The molecule has 3 saturated heterocycles.